The van der Waals surface area contributed by atoms with Gasteiger partial charge in [0.25, 0.3) is 5.91 Å². The number of benzene rings is 2. The molecule has 0 saturated carbocycles. The molecular weight excluding hydrogens is 392 g/mol. The van der Waals surface area contributed by atoms with Crippen LogP contribution in [-0.4, -0.2) is 29.6 Å². The van der Waals surface area contributed by atoms with E-state index in [9.17, 15) is 14.7 Å². The number of carbonyl (C=O) groups is 2. The fraction of sp³-hybridized carbons (Fsp3) is 0.364. The van der Waals surface area contributed by atoms with Gasteiger partial charge in [0.2, 0.25) is 0 Å². The zero-order valence-electron chi connectivity index (χ0n) is 16.9. The highest BCUT2D eigenvalue weighted by molar-refractivity contribution is 6.30. The maximum atomic E-state index is 12.2. The number of aryl methyl sites for hydroxylation is 1. The lowest BCUT2D eigenvalue weighted by atomic mass is 10.0. The molecule has 2 rings (SSSR count). The highest BCUT2D eigenvalue weighted by Gasteiger charge is 2.19. The van der Waals surface area contributed by atoms with Crippen molar-refractivity contribution in [3.05, 3.63) is 58.6 Å². The van der Waals surface area contributed by atoms with Crippen molar-refractivity contribution in [1.29, 1.82) is 0 Å². The van der Waals surface area contributed by atoms with Crippen LogP contribution in [0.25, 0.3) is 0 Å². The van der Waals surface area contributed by atoms with E-state index < -0.39 is 12.0 Å². The second kappa shape index (κ2) is 10.8. The summed E-state index contributed by atoms with van der Waals surface area (Å²) in [5.74, 6) is -0.467. The van der Waals surface area contributed by atoms with Crippen molar-refractivity contribution in [2.75, 3.05) is 11.9 Å². The Hall–Kier alpha value is -2.57. The minimum atomic E-state index is -0.902. The maximum Gasteiger partial charge on any atom is 0.320 e. The Morgan fingerprint density at radius 2 is 1.83 bits per heavy atom. The smallest absolute Gasteiger partial charge is 0.320 e. The van der Waals surface area contributed by atoms with E-state index in [2.05, 4.69) is 10.6 Å². The van der Waals surface area contributed by atoms with E-state index in [-0.39, 0.29) is 25.0 Å². The summed E-state index contributed by atoms with van der Waals surface area (Å²) in [6.45, 7) is 6.01. The minimum Gasteiger partial charge on any atom is -0.483 e. The Balaban J connectivity index is 1.99. The minimum absolute atomic E-state index is 0.170. The number of halogens is 1. The van der Waals surface area contributed by atoms with Crippen LogP contribution in [0.4, 0.5) is 5.69 Å². The summed E-state index contributed by atoms with van der Waals surface area (Å²) in [5.41, 5.74) is 2.49. The molecule has 0 saturated heterocycles. The third kappa shape index (κ3) is 7.75. The third-order valence-electron chi connectivity index (χ3n) is 4.26. The Kier molecular flexibility index (Phi) is 8.49. The number of carboxylic acids is 1. The lowest BCUT2D eigenvalue weighted by Crippen LogP contribution is -2.37. The summed E-state index contributed by atoms with van der Waals surface area (Å²) in [4.78, 5) is 23.6. The van der Waals surface area contributed by atoms with Gasteiger partial charge in [-0.15, -0.1) is 0 Å². The lowest BCUT2D eigenvalue weighted by Gasteiger charge is -2.18. The van der Waals surface area contributed by atoms with E-state index in [0.29, 0.717) is 28.4 Å². The van der Waals surface area contributed by atoms with E-state index in [1.807, 2.05) is 45.0 Å². The predicted octanol–water partition coefficient (Wildman–Crippen LogP) is 4.25. The van der Waals surface area contributed by atoms with Gasteiger partial charge >= 0.3 is 5.97 Å². The molecule has 0 aliphatic carbocycles. The Morgan fingerprint density at radius 1 is 1.14 bits per heavy atom. The van der Waals surface area contributed by atoms with Crippen LogP contribution in [0.15, 0.2) is 42.5 Å². The zero-order valence-corrected chi connectivity index (χ0v) is 17.6. The van der Waals surface area contributed by atoms with E-state index >= 15 is 0 Å². The van der Waals surface area contributed by atoms with Crippen LogP contribution in [0.1, 0.15) is 31.4 Å². The molecule has 1 atom stereocenters. The second-order valence-corrected chi connectivity index (χ2v) is 7.79. The monoisotopic (exact) mass is 418 g/mol. The standard InChI is InChI=1S/C22H27ClN2O4/c1-14(2)10-19(22(27)28)24-12-16-11-17(23)6-9-20(16)29-13-21(26)25-18-7-4-15(3)5-8-18/h4-9,11,14,19,24H,10,12-13H2,1-3H3,(H,25,26)(H,27,28). The number of carbonyl (C=O) groups excluding carboxylic acids is 1. The van der Waals surface area contributed by atoms with Crippen LogP contribution >= 0.6 is 11.6 Å². The first-order valence-corrected chi connectivity index (χ1v) is 9.86. The van der Waals surface area contributed by atoms with Crippen LogP contribution in [0.2, 0.25) is 5.02 Å². The fourth-order valence-corrected chi connectivity index (χ4v) is 2.97. The van der Waals surface area contributed by atoms with Crippen molar-refractivity contribution in [2.24, 2.45) is 5.92 Å². The lowest BCUT2D eigenvalue weighted by molar-refractivity contribution is -0.140. The highest BCUT2D eigenvalue weighted by atomic mass is 35.5. The van der Waals surface area contributed by atoms with Crippen molar-refractivity contribution in [3.63, 3.8) is 0 Å². The maximum absolute atomic E-state index is 12.2. The molecule has 2 aromatic carbocycles. The normalized spacial score (nSPS) is 11.9. The van der Waals surface area contributed by atoms with Crippen LogP contribution in [-0.2, 0) is 16.1 Å². The quantitative estimate of drug-likeness (QED) is 0.536. The number of hydrogen-bond donors (Lipinski definition) is 3. The van der Waals surface area contributed by atoms with Crippen molar-refractivity contribution in [3.8, 4) is 5.75 Å². The number of nitrogens with one attached hydrogen (secondary N) is 2. The molecule has 0 spiro atoms. The molecule has 0 radical (unpaired) electrons. The van der Waals surface area contributed by atoms with Gasteiger partial charge in [0.15, 0.2) is 6.61 Å². The van der Waals surface area contributed by atoms with E-state index in [1.165, 1.54) is 0 Å². The zero-order chi connectivity index (χ0) is 21.4. The molecule has 6 nitrogen and oxygen atoms in total. The third-order valence-corrected chi connectivity index (χ3v) is 4.50. The number of anilines is 1. The highest BCUT2D eigenvalue weighted by Crippen LogP contribution is 2.23. The summed E-state index contributed by atoms with van der Waals surface area (Å²) in [6.07, 6.45) is 0.505. The fourth-order valence-electron chi connectivity index (χ4n) is 2.78. The van der Waals surface area contributed by atoms with Crippen LogP contribution < -0.4 is 15.4 Å². The SMILES string of the molecule is Cc1ccc(NC(=O)COc2ccc(Cl)cc2CNC(CC(C)C)C(=O)O)cc1. The van der Waals surface area contributed by atoms with E-state index in [1.54, 1.807) is 18.2 Å². The molecule has 29 heavy (non-hydrogen) atoms. The molecule has 1 unspecified atom stereocenters. The average molecular weight is 419 g/mol. The predicted molar refractivity (Wildman–Crippen MR) is 114 cm³/mol. The molecule has 0 aromatic heterocycles. The Morgan fingerprint density at radius 3 is 2.45 bits per heavy atom. The number of amides is 1. The van der Waals surface area contributed by atoms with Crippen molar-refractivity contribution < 1.29 is 19.4 Å². The summed E-state index contributed by atoms with van der Waals surface area (Å²) < 4.78 is 5.67. The number of rotatable bonds is 10. The first-order chi connectivity index (χ1) is 13.7. The second-order valence-electron chi connectivity index (χ2n) is 7.36. The van der Waals surface area contributed by atoms with Gasteiger partial charge in [-0.05, 0) is 49.6 Å². The van der Waals surface area contributed by atoms with Gasteiger partial charge in [0.05, 0.1) is 0 Å². The number of aliphatic carboxylic acids is 1. The summed E-state index contributed by atoms with van der Waals surface area (Å²) in [5, 5.41) is 15.7. The molecule has 0 aliphatic heterocycles. The van der Waals surface area contributed by atoms with Crippen molar-refractivity contribution in [2.45, 2.75) is 39.8 Å². The molecule has 2 aromatic rings. The van der Waals surface area contributed by atoms with E-state index in [4.69, 9.17) is 16.3 Å². The first-order valence-electron chi connectivity index (χ1n) is 9.48. The van der Waals surface area contributed by atoms with Crippen LogP contribution in [0, 0.1) is 12.8 Å². The molecule has 0 fully saturated rings. The van der Waals surface area contributed by atoms with Gasteiger partial charge in [-0.2, -0.15) is 0 Å². The largest absolute Gasteiger partial charge is 0.483 e. The molecule has 0 bridgehead atoms. The van der Waals surface area contributed by atoms with Gasteiger partial charge in [-0.3, -0.25) is 9.59 Å². The van der Waals surface area contributed by atoms with Gasteiger partial charge in [0.1, 0.15) is 11.8 Å². The molecular formula is C22H27ClN2O4. The Bertz CT molecular complexity index is 837. The van der Waals surface area contributed by atoms with Gasteiger partial charge in [0, 0.05) is 22.8 Å². The average Bonchev–Trinajstić information content (AvgIpc) is 2.65. The number of carboxylic acid groups (broad SMARTS) is 1. The number of ether oxygens (including phenoxy) is 1. The number of hydrogen-bond acceptors (Lipinski definition) is 4. The van der Waals surface area contributed by atoms with Crippen LogP contribution in [0.5, 0.6) is 5.75 Å². The summed E-state index contributed by atoms with van der Waals surface area (Å²) in [7, 11) is 0. The summed E-state index contributed by atoms with van der Waals surface area (Å²) in [6, 6.07) is 11.8. The molecule has 3 N–H and O–H groups in total. The van der Waals surface area contributed by atoms with Crippen molar-refractivity contribution in [1.82, 2.24) is 5.32 Å². The van der Waals surface area contributed by atoms with Gasteiger partial charge in [-0.25, -0.2) is 0 Å². The molecule has 156 valence electrons. The summed E-state index contributed by atoms with van der Waals surface area (Å²) >= 11 is 6.08. The molecule has 1 amide bonds. The topological polar surface area (TPSA) is 87.7 Å². The first kappa shape index (κ1) is 22.7. The Labute approximate surface area is 176 Å². The van der Waals surface area contributed by atoms with E-state index in [0.717, 1.165) is 5.56 Å². The van der Waals surface area contributed by atoms with Crippen LogP contribution in [0.3, 0.4) is 0 Å². The van der Waals surface area contributed by atoms with Gasteiger partial charge in [-0.1, -0.05) is 43.1 Å². The van der Waals surface area contributed by atoms with Gasteiger partial charge < -0.3 is 20.5 Å². The molecule has 0 heterocycles. The molecule has 0 aliphatic rings. The molecule has 7 heteroatoms. The van der Waals surface area contributed by atoms with Crippen molar-refractivity contribution >= 4 is 29.2 Å².